The number of carbonyl (C=O) groups is 2. The molecule has 1 heterocycles. The number of hydrogen-bond donors (Lipinski definition) is 3. The van der Waals surface area contributed by atoms with Gasteiger partial charge in [-0.25, -0.2) is 0 Å². The predicted octanol–water partition coefficient (Wildman–Crippen LogP) is 1.82. The molecule has 1 atom stereocenters. The van der Waals surface area contributed by atoms with Crippen molar-refractivity contribution in [1.82, 2.24) is 5.32 Å². The average Bonchev–Trinajstić information content (AvgIpc) is 3.06. The number of rotatable bonds is 4. The lowest BCUT2D eigenvalue weighted by Gasteiger charge is -2.23. The number of aryl methyl sites for hydroxylation is 1. The summed E-state index contributed by atoms with van der Waals surface area (Å²) in [6.07, 6.45) is 5.93. The molecule has 1 unspecified atom stereocenters. The maximum Gasteiger partial charge on any atom is 0.251 e. The van der Waals surface area contributed by atoms with Crippen LogP contribution in [0, 0.1) is 5.92 Å². The Morgan fingerprint density at radius 3 is 2.82 bits per heavy atom. The monoisotopic (exact) mass is 301 g/mol. The molecule has 1 aromatic rings. The number of carbonyl (C=O) groups excluding carboxylic acids is 2. The molecule has 22 heavy (non-hydrogen) atoms. The van der Waals surface area contributed by atoms with Crippen molar-refractivity contribution >= 4 is 17.5 Å². The van der Waals surface area contributed by atoms with Gasteiger partial charge in [0.15, 0.2) is 0 Å². The van der Waals surface area contributed by atoms with Crippen LogP contribution in [0.5, 0.6) is 0 Å². The normalized spacial score (nSPS) is 19.4. The zero-order chi connectivity index (χ0) is 15.5. The first kappa shape index (κ1) is 15.0. The molecule has 1 aliphatic heterocycles. The topological polar surface area (TPSA) is 84.2 Å². The quantitative estimate of drug-likeness (QED) is 0.793. The molecule has 1 saturated carbocycles. The van der Waals surface area contributed by atoms with Crippen LogP contribution < -0.4 is 16.4 Å². The van der Waals surface area contributed by atoms with Crippen LogP contribution in [0.15, 0.2) is 18.2 Å². The molecule has 0 spiro atoms. The second-order valence-corrected chi connectivity index (χ2v) is 6.28. The molecule has 1 fully saturated rings. The molecule has 0 radical (unpaired) electrons. The van der Waals surface area contributed by atoms with Crippen LogP contribution in [0.3, 0.4) is 0 Å². The molecule has 0 bridgehead atoms. The molecule has 2 amide bonds. The second kappa shape index (κ2) is 6.48. The highest BCUT2D eigenvalue weighted by molar-refractivity contribution is 5.98. The zero-order valence-corrected chi connectivity index (χ0v) is 12.7. The van der Waals surface area contributed by atoms with Gasteiger partial charge in [0, 0.05) is 30.3 Å². The summed E-state index contributed by atoms with van der Waals surface area (Å²) in [5.41, 5.74) is 8.33. The Morgan fingerprint density at radius 2 is 2.09 bits per heavy atom. The fourth-order valence-electron chi connectivity index (χ4n) is 3.51. The van der Waals surface area contributed by atoms with Gasteiger partial charge in [0.05, 0.1) is 0 Å². The fraction of sp³-hybridized carbons (Fsp3) is 0.529. The van der Waals surface area contributed by atoms with E-state index in [1.165, 1.54) is 12.8 Å². The van der Waals surface area contributed by atoms with Gasteiger partial charge in [-0.1, -0.05) is 12.8 Å². The van der Waals surface area contributed by atoms with Crippen molar-refractivity contribution in [1.29, 1.82) is 0 Å². The number of fused-ring (bicyclic) bond motifs is 1. The zero-order valence-electron chi connectivity index (χ0n) is 12.7. The van der Waals surface area contributed by atoms with E-state index < -0.39 is 0 Å². The van der Waals surface area contributed by atoms with Gasteiger partial charge in [-0.05, 0) is 48.9 Å². The molecule has 3 rings (SSSR count). The van der Waals surface area contributed by atoms with Crippen molar-refractivity contribution in [2.75, 3.05) is 11.9 Å². The Balaban J connectivity index is 1.70. The van der Waals surface area contributed by atoms with Crippen molar-refractivity contribution < 1.29 is 9.59 Å². The van der Waals surface area contributed by atoms with Gasteiger partial charge in [-0.15, -0.1) is 0 Å². The predicted molar refractivity (Wildman–Crippen MR) is 85.7 cm³/mol. The molecule has 5 heteroatoms. The first-order chi connectivity index (χ1) is 10.7. The van der Waals surface area contributed by atoms with Crippen LogP contribution >= 0.6 is 0 Å². The molecule has 0 aromatic heterocycles. The highest BCUT2D eigenvalue weighted by atomic mass is 16.2. The van der Waals surface area contributed by atoms with E-state index in [9.17, 15) is 9.59 Å². The number of nitrogens with one attached hydrogen (secondary N) is 2. The van der Waals surface area contributed by atoms with Crippen LogP contribution in [0.25, 0.3) is 0 Å². The van der Waals surface area contributed by atoms with Crippen LogP contribution in [-0.4, -0.2) is 24.4 Å². The first-order valence-corrected chi connectivity index (χ1v) is 8.11. The van der Waals surface area contributed by atoms with Crippen molar-refractivity contribution in [2.24, 2.45) is 11.7 Å². The van der Waals surface area contributed by atoms with Gasteiger partial charge in [0.25, 0.3) is 5.91 Å². The molecule has 5 nitrogen and oxygen atoms in total. The molecule has 1 aromatic carbocycles. The second-order valence-electron chi connectivity index (χ2n) is 6.28. The lowest BCUT2D eigenvalue weighted by molar-refractivity contribution is -0.116. The smallest absolute Gasteiger partial charge is 0.251 e. The molecule has 1 aliphatic carbocycles. The summed E-state index contributed by atoms with van der Waals surface area (Å²) >= 11 is 0. The number of anilines is 1. The average molecular weight is 301 g/mol. The Morgan fingerprint density at radius 1 is 1.32 bits per heavy atom. The van der Waals surface area contributed by atoms with Gasteiger partial charge in [-0.2, -0.15) is 0 Å². The third-order valence-electron chi connectivity index (χ3n) is 4.80. The summed E-state index contributed by atoms with van der Waals surface area (Å²) in [7, 11) is 0. The van der Waals surface area contributed by atoms with E-state index >= 15 is 0 Å². The van der Waals surface area contributed by atoms with Gasteiger partial charge in [0.2, 0.25) is 5.91 Å². The van der Waals surface area contributed by atoms with Crippen molar-refractivity contribution in [2.45, 2.75) is 44.6 Å². The standard InChI is InChI=1S/C17H23N3O2/c18-10-15(11-3-1-2-4-11)20-17(22)13-5-7-14-12(9-13)6-8-16(21)19-14/h5,7,9,11,15H,1-4,6,8,10,18H2,(H,19,21)(H,20,22). The molecule has 4 N–H and O–H groups in total. The van der Waals surface area contributed by atoms with Gasteiger partial charge in [0.1, 0.15) is 0 Å². The maximum atomic E-state index is 12.5. The largest absolute Gasteiger partial charge is 0.348 e. The van der Waals surface area contributed by atoms with E-state index in [0.717, 1.165) is 24.1 Å². The fourth-order valence-corrected chi connectivity index (χ4v) is 3.51. The lowest BCUT2D eigenvalue weighted by atomic mass is 9.97. The van der Waals surface area contributed by atoms with E-state index in [-0.39, 0.29) is 17.9 Å². The van der Waals surface area contributed by atoms with Crippen molar-refractivity contribution in [3.63, 3.8) is 0 Å². The minimum atomic E-state index is -0.0675. The first-order valence-electron chi connectivity index (χ1n) is 8.11. The summed E-state index contributed by atoms with van der Waals surface area (Å²) in [6, 6.07) is 5.52. The third kappa shape index (κ3) is 3.14. The van der Waals surface area contributed by atoms with E-state index in [1.807, 2.05) is 12.1 Å². The summed E-state index contributed by atoms with van der Waals surface area (Å²) in [5.74, 6) is 0.474. The van der Waals surface area contributed by atoms with Gasteiger partial charge in [-0.3, -0.25) is 9.59 Å². The van der Waals surface area contributed by atoms with Crippen LogP contribution in [0.2, 0.25) is 0 Å². The Bertz CT molecular complexity index is 579. The summed E-state index contributed by atoms with van der Waals surface area (Å²) in [5, 5.41) is 5.92. The lowest BCUT2D eigenvalue weighted by Crippen LogP contribution is -2.44. The van der Waals surface area contributed by atoms with Crippen molar-refractivity contribution in [3.05, 3.63) is 29.3 Å². The van der Waals surface area contributed by atoms with Gasteiger partial charge >= 0.3 is 0 Å². The molecular weight excluding hydrogens is 278 g/mol. The highest BCUT2D eigenvalue weighted by Crippen LogP contribution is 2.28. The van der Waals surface area contributed by atoms with Crippen LogP contribution in [0.4, 0.5) is 5.69 Å². The molecular formula is C17H23N3O2. The van der Waals surface area contributed by atoms with Gasteiger partial charge < -0.3 is 16.4 Å². The Labute approximate surface area is 130 Å². The summed E-state index contributed by atoms with van der Waals surface area (Å²) in [4.78, 5) is 23.8. The summed E-state index contributed by atoms with van der Waals surface area (Å²) in [6.45, 7) is 0.484. The SMILES string of the molecule is NCC(NC(=O)c1ccc2c(c1)CCC(=O)N2)C1CCCC1. The number of hydrogen-bond acceptors (Lipinski definition) is 3. The molecule has 0 saturated heterocycles. The minimum Gasteiger partial charge on any atom is -0.348 e. The Kier molecular flexibility index (Phi) is 4.43. The van der Waals surface area contributed by atoms with E-state index in [1.54, 1.807) is 6.07 Å². The molecule has 2 aliphatic rings. The Hall–Kier alpha value is -1.88. The third-order valence-corrected chi connectivity index (χ3v) is 4.80. The van der Waals surface area contributed by atoms with Crippen LogP contribution in [0.1, 0.15) is 48.0 Å². The highest BCUT2D eigenvalue weighted by Gasteiger charge is 2.26. The maximum absolute atomic E-state index is 12.5. The van der Waals surface area contributed by atoms with Crippen LogP contribution in [-0.2, 0) is 11.2 Å². The summed E-state index contributed by atoms with van der Waals surface area (Å²) < 4.78 is 0. The van der Waals surface area contributed by atoms with Crippen molar-refractivity contribution in [3.8, 4) is 0 Å². The molecule has 118 valence electrons. The minimum absolute atomic E-state index is 0.0362. The number of amides is 2. The van der Waals surface area contributed by atoms with E-state index in [0.29, 0.717) is 30.9 Å². The van der Waals surface area contributed by atoms with E-state index in [4.69, 9.17) is 5.73 Å². The number of benzene rings is 1. The van der Waals surface area contributed by atoms with E-state index in [2.05, 4.69) is 10.6 Å². The number of nitrogens with two attached hydrogens (primary N) is 1.